The zero-order valence-corrected chi connectivity index (χ0v) is 22.9. The minimum atomic E-state index is -1.42. The van der Waals surface area contributed by atoms with Crippen molar-refractivity contribution in [3.8, 4) is 0 Å². The van der Waals surface area contributed by atoms with E-state index in [4.69, 9.17) is 9.47 Å². The third-order valence-corrected chi connectivity index (χ3v) is 6.73. The lowest BCUT2D eigenvalue weighted by Gasteiger charge is -2.30. The molecule has 0 spiro atoms. The van der Waals surface area contributed by atoms with Gasteiger partial charge in [-0.2, -0.15) is 0 Å². The number of ether oxygens (including phenoxy) is 2. The number of aromatic nitrogens is 3. The normalized spacial score (nSPS) is 19.6. The van der Waals surface area contributed by atoms with Gasteiger partial charge in [-0.1, -0.05) is 39.7 Å². The number of carbonyl (C=O) groups is 2. The Morgan fingerprint density at radius 3 is 1.92 bits per heavy atom. The van der Waals surface area contributed by atoms with Crippen LogP contribution >= 0.6 is 0 Å². The molecule has 214 valence electrons. The van der Waals surface area contributed by atoms with Crippen LogP contribution in [-0.2, 0) is 32.2 Å². The lowest BCUT2D eigenvalue weighted by Crippen LogP contribution is -2.56. The molecule has 1 aliphatic rings. The van der Waals surface area contributed by atoms with Crippen molar-refractivity contribution in [3.05, 3.63) is 44.1 Å². The molecule has 1 saturated carbocycles. The van der Waals surface area contributed by atoms with Crippen molar-refractivity contribution in [3.63, 3.8) is 0 Å². The van der Waals surface area contributed by atoms with Crippen molar-refractivity contribution in [2.24, 2.45) is 17.3 Å². The fourth-order valence-corrected chi connectivity index (χ4v) is 4.30. The first-order valence-electron chi connectivity index (χ1n) is 13.0. The Bertz CT molecular complexity index is 1170. The molecule has 0 aromatic carbocycles. The number of nitrogens with zero attached hydrogens (tertiary/aromatic N) is 3. The topological polar surface area (TPSA) is 159 Å². The van der Waals surface area contributed by atoms with Gasteiger partial charge < -0.3 is 19.7 Å². The van der Waals surface area contributed by atoms with Gasteiger partial charge in [-0.05, 0) is 32.1 Å². The van der Waals surface area contributed by atoms with Crippen molar-refractivity contribution in [2.45, 2.75) is 91.6 Å². The summed E-state index contributed by atoms with van der Waals surface area (Å²) in [6.07, 6.45) is 1.35. The van der Waals surface area contributed by atoms with E-state index in [2.05, 4.69) is 6.58 Å². The molecule has 0 aliphatic heterocycles. The first kappa shape index (κ1) is 31.2. The Hall–Kier alpha value is -2.99. The summed E-state index contributed by atoms with van der Waals surface area (Å²) in [4.78, 5) is 63.7. The smallest absolute Gasteiger partial charge is 0.336 e. The van der Waals surface area contributed by atoms with E-state index in [0.29, 0.717) is 19.3 Å². The molecular formula is C26H41N3O9. The molecule has 0 amide bonds. The van der Waals surface area contributed by atoms with E-state index in [-0.39, 0.29) is 13.2 Å². The van der Waals surface area contributed by atoms with Crippen LogP contribution in [0.25, 0.3) is 0 Å². The first-order valence-corrected chi connectivity index (χ1v) is 13.0. The summed E-state index contributed by atoms with van der Waals surface area (Å²) in [5.74, 6) is -2.78. The van der Waals surface area contributed by atoms with Crippen LogP contribution in [0.2, 0.25) is 0 Å². The van der Waals surface area contributed by atoms with E-state index in [9.17, 15) is 34.2 Å². The van der Waals surface area contributed by atoms with Crippen LogP contribution in [0.15, 0.2) is 27.0 Å². The summed E-state index contributed by atoms with van der Waals surface area (Å²) in [6, 6.07) is -0.541. The summed E-state index contributed by atoms with van der Waals surface area (Å²) in [6.45, 7) is 10.9. The minimum Gasteiger partial charge on any atom is -0.463 e. The molecule has 2 N–H and O–H groups in total. The van der Waals surface area contributed by atoms with E-state index >= 15 is 0 Å². The second-order valence-electron chi connectivity index (χ2n) is 11.1. The predicted molar refractivity (Wildman–Crippen MR) is 139 cm³/mol. The van der Waals surface area contributed by atoms with Gasteiger partial charge in [-0.15, -0.1) is 6.58 Å². The number of aliphatic hydroxyl groups excluding tert-OH is 2. The minimum absolute atomic E-state index is 0.123. The zero-order valence-electron chi connectivity index (χ0n) is 22.9. The molecule has 1 aliphatic carbocycles. The highest BCUT2D eigenvalue weighted by molar-refractivity contribution is 5.82. The summed E-state index contributed by atoms with van der Waals surface area (Å²) in [5.41, 5.74) is -3.04. The van der Waals surface area contributed by atoms with E-state index in [1.54, 1.807) is 13.8 Å². The second-order valence-corrected chi connectivity index (χ2v) is 11.1. The zero-order chi connectivity index (χ0) is 28.8. The van der Waals surface area contributed by atoms with Crippen LogP contribution in [0, 0.1) is 17.3 Å². The van der Waals surface area contributed by atoms with Gasteiger partial charge in [0.2, 0.25) is 0 Å². The van der Waals surface area contributed by atoms with Crippen molar-refractivity contribution in [2.75, 3.05) is 13.2 Å². The maximum absolute atomic E-state index is 12.8. The number of hydrogen-bond donors (Lipinski definition) is 2. The lowest BCUT2D eigenvalue weighted by atomic mass is 9.79. The molecule has 12 nitrogen and oxygen atoms in total. The van der Waals surface area contributed by atoms with Crippen molar-refractivity contribution >= 4 is 11.9 Å². The molecular weight excluding hydrogens is 498 g/mol. The average Bonchev–Trinajstić information content (AvgIpc) is 2.85. The quantitative estimate of drug-likeness (QED) is 0.303. The van der Waals surface area contributed by atoms with Gasteiger partial charge in [0, 0.05) is 6.04 Å². The second kappa shape index (κ2) is 13.2. The van der Waals surface area contributed by atoms with Crippen LogP contribution < -0.4 is 17.1 Å². The molecule has 12 heteroatoms. The molecule has 1 aromatic rings. The van der Waals surface area contributed by atoms with Crippen LogP contribution in [0.3, 0.4) is 0 Å². The van der Waals surface area contributed by atoms with Gasteiger partial charge in [0.1, 0.15) is 19.3 Å². The largest absolute Gasteiger partial charge is 0.463 e. The van der Waals surface area contributed by atoms with Gasteiger partial charge in [-0.25, -0.2) is 28.1 Å². The number of esters is 2. The Balaban J connectivity index is 2.10. The Kier molecular flexibility index (Phi) is 10.8. The Morgan fingerprint density at radius 1 is 0.947 bits per heavy atom. The Labute approximate surface area is 221 Å². The third-order valence-electron chi connectivity index (χ3n) is 6.73. The SMILES string of the molecule is C=CCn1c(=O)n(CC(O)COC(=O)C2CCCCC2C(=O)OCC(O)C(C)(C)C)c(=O)n(C(C)C)c1=O. The number of aliphatic hydroxyl groups is 2. The number of allylic oxidation sites excluding steroid dienone is 1. The highest BCUT2D eigenvalue weighted by atomic mass is 16.6. The van der Waals surface area contributed by atoms with Crippen LogP contribution in [0.1, 0.15) is 66.3 Å². The number of carbonyl (C=O) groups excluding carboxylic acids is 2. The van der Waals surface area contributed by atoms with Crippen molar-refractivity contribution in [1.29, 1.82) is 0 Å². The highest BCUT2D eigenvalue weighted by Gasteiger charge is 2.38. The molecule has 4 unspecified atom stereocenters. The summed E-state index contributed by atoms with van der Waals surface area (Å²) < 4.78 is 13.0. The van der Waals surface area contributed by atoms with Crippen molar-refractivity contribution < 1.29 is 29.3 Å². The molecule has 0 radical (unpaired) electrons. The van der Waals surface area contributed by atoms with E-state index in [1.165, 1.54) is 6.08 Å². The third kappa shape index (κ3) is 7.53. The summed E-state index contributed by atoms with van der Waals surface area (Å²) in [7, 11) is 0. The molecule has 4 atom stereocenters. The number of rotatable bonds is 11. The van der Waals surface area contributed by atoms with Crippen LogP contribution in [-0.4, -0.2) is 61.3 Å². The van der Waals surface area contributed by atoms with Crippen LogP contribution in [0.4, 0.5) is 0 Å². The lowest BCUT2D eigenvalue weighted by molar-refractivity contribution is -0.167. The maximum atomic E-state index is 12.8. The number of hydrogen-bond acceptors (Lipinski definition) is 9. The molecule has 1 aromatic heterocycles. The fourth-order valence-electron chi connectivity index (χ4n) is 4.30. The standard InChI is InChI=1S/C26H41N3O9/c1-7-12-27-23(34)28(25(36)29(16(2)3)24(27)35)13-17(30)14-37-21(32)18-10-8-9-11-19(18)22(33)38-15-20(31)26(4,5)6/h7,16-20,30-31H,1,8-15H2,2-6H3. The molecule has 1 heterocycles. The predicted octanol–water partition coefficient (Wildman–Crippen LogP) is 0.599. The van der Waals surface area contributed by atoms with E-state index in [0.717, 1.165) is 20.1 Å². The van der Waals surface area contributed by atoms with Crippen LogP contribution in [0.5, 0.6) is 0 Å². The Morgan fingerprint density at radius 2 is 1.45 bits per heavy atom. The first-order chi connectivity index (χ1) is 17.7. The summed E-state index contributed by atoms with van der Waals surface area (Å²) in [5, 5.41) is 20.7. The average molecular weight is 540 g/mol. The van der Waals surface area contributed by atoms with Gasteiger partial charge in [-0.3, -0.25) is 9.59 Å². The van der Waals surface area contributed by atoms with Gasteiger partial charge in [0.05, 0.1) is 31.0 Å². The van der Waals surface area contributed by atoms with E-state index < -0.39 is 77.7 Å². The van der Waals surface area contributed by atoms with Gasteiger partial charge >= 0.3 is 29.0 Å². The van der Waals surface area contributed by atoms with Gasteiger partial charge in [0.25, 0.3) is 0 Å². The fraction of sp³-hybridized carbons (Fsp3) is 0.731. The van der Waals surface area contributed by atoms with Crippen molar-refractivity contribution in [1.82, 2.24) is 13.7 Å². The molecule has 2 rings (SSSR count). The molecule has 38 heavy (non-hydrogen) atoms. The van der Waals surface area contributed by atoms with E-state index in [1.807, 2.05) is 20.8 Å². The van der Waals surface area contributed by atoms with Gasteiger partial charge in [0.15, 0.2) is 0 Å². The molecule has 0 bridgehead atoms. The monoisotopic (exact) mass is 539 g/mol. The highest BCUT2D eigenvalue weighted by Crippen LogP contribution is 2.32. The molecule has 0 saturated heterocycles. The summed E-state index contributed by atoms with van der Waals surface area (Å²) >= 11 is 0. The molecule has 1 fully saturated rings. The maximum Gasteiger partial charge on any atom is 0.336 e.